The van der Waals surface area contributed by atoms with Crippen LogP contribution in [0.25, 0.3) is 0 Å². The molecule has 1 aromatic rings. The number of rotatable bonds is 8. The Morgan fingerprint density at radius 3 is 1.73 bits per heavy atom. The quantitative estimate of drug-likeness (QED) is 0.399. The summed E-state index contributed by atoms with van der Waals surface area (Å²) in [6.07, 6.45) is 3.35. The van der Waals surface area contributed by atoms with Crippen LogP contribution in [0.4, 0.5) is 0 Å². The Morgan fingerprint density at radius 2 is 1.36 bits per heavy atom. The summed E-state index contributed by atoms with van der Waals surface area (Å²) in [7, 11) is 0. The van der Waals surface area contributed by atoms with E-state index in [-0.39, 0.29) is 19.6 Å². The molecule has 1 heterocycles. The SMILES string of the molecule is C=CCn1c(=O)n(CC=C)c(=O)n(CCC[Si](C)(Cl)Cl)c1=O. The number of aromatic nitrogens is 3. The molecule has 0 fully saturated rings. The molecule has 0 aromatic carbocycles. The van der Waals surface area contributed by atoms with Crippen molar-refractivity contribution in [1.29, 1.82) is 0 Å². The van der Waals surface area contributed by atoms with Crippen molar-refractivity contribution in [3.63, 3.8) is 0 Å². The molecule has 9 heteroatoms. The van der Waals surface area contributed by atoms with Gasteiger partial charge in [-0.1, -0.05) is 12.2 Å². The van der Waals surface area contributed by atoms with Crippen molar-refractivity contribution in [3.8, 4) is 0 Å². The van der Waals surface area contributed by atoms with E-state index in [1.54, 1.807) is 6.55 Å². The van der Waals surface area contributed by atoms with Crippen molar-refractivity contribution in [2.45, 2.75) is 38.6 Å². The fraction of sp³-hybridized carbons (Fsp3) is 0.462. The molecule has 0 aliphatic rings. The van der Waals surface area contributed by atoms with E-state index in [9.17, 15) is 14.4 Å². The molecule has 0 aliphatic carbocycles. The molecule has 0 radical (unpaired) electrons. The summed E-state index contributed by atoms with van der Waals surface area (Å²) in [5.74, 6) is 0. The Morgan fingerprint density at radius 1 is 0.955 bits per heavy atom. The Labute approximate surface area is 138 Å². The van der Waals surface area contributed by atoms with Gasteiger partial charge in [0.2, 0.25) is 6.69 Å². The predicted octanol–water partition coefficient (Wildman–Crippen LogP) is 1.48. The van der Waals surface area contributed by atoms with Gasteiger partial charge in [0.1, 0.15) is 0 Å². The molecular weight excluding hydrogens is 345 g/mol. The molecule has 0 spiro atoms. The molecule has 6 nitrogen and oxygen atoms in total. The minimum atomic E-state index is -2.29. The highest BCUT2D eigenvalue weighted by Gasteiger charge is 2.21. The van der Waals surface area contributed by atoms with E-state index in [1.807, 2.05) is 0 Å². The van der Waals surface area contributed by atoms with Crippen LogP contribution in [0.1, 0.15) is 6.42 Å². The molecule has 1 rings (SSSR count). The first-order valence-corrected chi connectivity index (χ1v) is 11.5. The molecule has 0 N–H and O–H groups in total. The fourth-order valence-electron chi connectivity index (χ4n) is 1.99. The van der Waals surface area contributed by atoms with Crippen LogP contribution in [0.15, 0.2) is 39.7 Å². The van der Waals surface area contributed by atoms with Crippen LogP contribution >= 0.6 is 22.2 Å². The molecule has 0 amide bonds. The molecule has 122 valence electrons. The highest BCUT2D eigenvalue weighted by molar-refractivity contribution is 7.44. The van der Waals surface area contributed by atoms with Gasteiger partial charge in [0, 0.05) is 6.54 Å². The molecule has 22 heavy (non-hydrogen) atoms. The van der Waals surface area contributed by atoms with Crippen LogP contribution in [-0.2, 0) is 19.6 Å². The lowest BCUT2D eigenvalue weighted by atomic mass is 10.4. The summed E-state index contributed by atoms with van der Waals surface area (Å²) >= 11 is 12.0. The highest BCUT2D eigenvalue weighted by atomic mass is 35.7. The average Bonchev–Trinajstić information content (AvgIpc) is 2.42. The van der Waals surface area contributed by atoms with E-state index in [4.69, 9.17) is 22.2 Å². The summed E-state index contributed by atoms with van der Waals surface area (Å²) in [4.78, 5) is 36.8. The Bertz CT molecular complexity index is 680. The topological polar surface area (TPSA) is 66.0 Å². The van der Waals surface area contributed by atoms with Gasteiger partial charge in [0.25, 0.3) is 0 Å². The van der Waals surface area contributed by atoms with Crippen LogP contribution in [0.5, 0.6) is 0 Å². The van der Waals surface area contributed by atoms with E-state index in [1.165, 1.54) is 12.2 Å². The zero-order valence-electron chi connectivity index (χ0n) is 12.4. The third-order valence-electron chi connectivity index (χ3n) is 3.01. The third kappa shape index (κ3) is 4.59. The molecule has 0 aliphatic heterocycles. The van der Waals surface area contributed by atoms with E-state index in [2.05, 4.69) is 13.2 Å². The van der Waals surface area contributed by atoms with E-state index in [0.717, 1.165) is 13.7 Å². The predicted molar refractivity (Wildman–Crippen MR) is 92.4 cm³/mol. The second-order valence-electron chi connectivity index (χ2n) is 4.97. The molecule has 0 saturated carbocycles. The number of nitrogens with zero attached hydrogens (tertiary/aromatic N) is 3. The summed E-state index contributed by atoms with van der Waals surface area (Å²) in [6, 6.07) is 0.546. The lowest BCUT2D eigenvalue weighted by Crippen LogP contribution is -2.54. The van der Waals surface area contributed by atoms with Gasteiger partial charge in [-0.15, -0.1) is 35.3 Å². The zero-order valence-corrected chi connectivity index (χ0v) is 14.9. The molecular formula is C13H19Cl2N3O3Si. The molecule has 0 saturated heterocycles. The Hall–Kier alpha value is -1.31. The van der Waals surface area contributed by atoms with Gasteiger partial charge in [0.15, 0.2) is 0 Å². The monoisotopic (exact) mass is 363 g/mol. The number of hydrogen-bond donors (Lipinski definition) is 0. The Kier molecular flexibility index (Phi) is 6.64. The highest BCUT2D eigenvalue weighted by Crippen LogP contribution is 2.21. The van der Waals surface area contributed by atoms with Crippen molar-refractivity contribution in [2.75, 3.05) is 0 Å². The molecule has 1 aromatic heterocycles. The van der Waals surface area contributed by atoms with Crippen molar-refractivity contribution in [2.24, 2.45) is 0 Å². The van der Waals surface area contributed by atoms with Gasteiger partial charge in [-0.2, -0.15) is 0 Å². The first-order valence-electron chi connectivity index (χ1n) is 6.77. The van der Waals surface area contributed by atoms with Crippen molar-refractivity contribution in [3.05, 3.63) is 56.8 Å². The first kappa shape index (κ1) is 18.7. The van der Waals surface area contributed by atoms with Crippen LogP contribution in [-0.4, -0.2) is 20.4 Å². The van der Waals surface area contributed by atoms with Crippen LogP contribution in [0, 0.1) is 0 Å². The van der Waals surface area contributed by atoms with Gasteiger partial charge in [-0.05, 0) is 19.0 Å². The number of halogens is 2. The minimum absolute atomic E-state index is 0.0343. The van der Waals surface area contributed by atoms with Gasteiger partial charge < -0.3 is 0 Å². The fourth-order valence-corrected chi connectivity index (χ4v) is 3.57. The van der Waals surface area contributed by atoms with Gasteiger partial charge >= 0.3 is 17.1 Å². The smallest absolute Gasteiger partial charge is 0.247 e. The van der Waals surface area contributed by atoms with Crippen molar-refractivity contribution >= 4 is 28.9 Å². The maximum atomic E-state index is 12.3. The second-order valence-corrected chi connectivity index (χ2v) is 13.2. The van der Waals surface area contributed by atoms with Crippen LogP contribution < -0.4 is 17.1 Å². The molecule has 0 bridgehead atoms. The maximum absolute atomic E-state index is 12.3. The molecule has 0 unspecified atom stereocenters. The van der Waals surface area contributed by atoms with Crippen molar-refractivity contribution < 1.29 is 0 Å². The standard InChI is InChI=1S/C13H19Cl2N3O3Si/c1-4-7-16-11(19)17(8-5-2)13(21)18(12(16)20)9-6-10-22(3,14)15/h4-5H,1-2,6-10H2,3H3. The normalized spacial score (nSPS) is 11.4. The average molecular weight is 364 g/mol. The second kappa shape index (κ2) is 7.80. The summed E-state index contributed by atoms with van der Waals surface area (Å²) in [5, 5.41) is 0. The first-order chi connectivity index (χ1) is 10.2. The summed E-state index contributed by atoms with van der Waals surface area (Å²) in [6.45, 7) is 6.74. The van der Waals surface area contributed by atoms with Crippen molar-refractivity contribution in [1.82, 2.24) is 13.7 Å². The lowest BCUT2D eigenvalue weighted by molar-refractivity contribution is 0.475. The van der Waals surface area contributed by atoms with Gasteiger partial charge in [-0.3, -0.25) is 0 Å². The Balaban J connectivity index is 3.34. The maximum Gasteiger partial charge on any atom is 0.336 e. The minimum Gasteiger partial charge on any atom is -0.247 e. The van der Waals surface area contributed by atoms with Crippen LogP contribution in [0.3, 0.4) is 0 Å². The lowest BCUT2D eigenvalue weighted by Gasteiger charge is -2.13. The third-order valence-corrected chi connectivity index (χ3v) is 5.37. The largest absolute Gasteiger partial charge is 0.336 e. The number of hydrogen-bond acceptors (Lipinski definition) is 3. The summed E-state index contributed by atoms with van der Waals surface area (Å²) in [5.41, 5.74) is -1.97. The van der Waals surface area contributed by atoms with E-state index < -0.39 is 23.8 Å². The van der Waals surface area contributed by atoms with Gasteiger partial charge in [-0.25, -0.2) is 28.1 Å². The molecule has 0 atom stereocenters. The van der Waals surface area contributed by atoms with E-state index in [0.29, 0.717) is 12.5 Å². The van der Waals surface area contributed by atoms with E-state index >= 15 is 0 Å². The zero-order chi connectivity index (χ0) is 16.9. The van der Waals surface area contributed by atoms with Gasteiger partial charge in [0.05, 0.1) is 13.1 Å². The number of allylic oxidation sites excluding steroid dienone is 2. The van der Waals surface area contributed by atoms with Crippen LogP contribution in [0.2, 0.25) is 12.6 Å². The summed E-state index contributed by atoms with van der Waals surface area (Å²) < 4.78 is 2.97.